The van der Waals surface area contributed by atoms with Gasteiger partial charge in [-0.2, -0.15) is 5.10 Å². The molecule has 1 aromatic rings. The molecular formula is C12H18N4O3. The maximum Gasteiger partial charge on any atom is 0.321 e. The molecule has 0 unspecified atom stereocenters. The first kappa shape index (κ1) is 13.4. The van der Waals surface area contributed by atoms with E-state index in [1.54, 1.807) is 22.0 Å². The van der Waals surface area contributed by atoms with Crippen LogP contribution >= 0.6 is 0 Å². The molecule has 0 spiro atoms. The molecule has 2 N–H and O–H groups in total. The first-order chi connectivity index (χ1) is 8.95. The smallest absolute Gasteiger partial charge is 0.321 e. The van der Waals surface area contributed by atoms with Crippen LogP contribution in [0.4, 0.5) is 10.5 Å². The van der Waals surface area contributed by atoms with Crippen LogP contribution in [0, 0.1) is 5.92 Å². The van der Waals surface area contributed by atoms with Crippen LogP contribution in [0.25, 0.3) is 0 Å². The number of urea groups is 1. The standard InChI is InChI=1S/C12H18N4O3/c1-8(2)16-7-10(4-13-16)14-12(19)15-5-9(6-15)3-11(17)18/h4,7-9H,3,5-6H2,1-2H3,(H,14,19)(H,17,18). The Kier molecular flexibility index (Phi) is 3.73. The molecule has 1 aromatic heterocycles. The van der Waals surface area contributed by atoms with Crippen molar-refractivity contribution in [3.05, 3.63) is 12.4 Å². The van der Waals surface area contributed by atoms with E-state index in [1.807, 2.05) is 13.8 Å². The van der Waals surface area contributed by atoms with Gasteiger partial charge in [0, 0.05) is 31.2 Å². The van der Waals surface area contributed by atoms with Gasteiger partial charge in [-0.1, -0.05) is 0 Å². The number of hydrogen-bond donors (Lipinski definition) is 2. The Labute approximate surface area is 111 Å². The zero-order valence-corrected chi connectivity index (χ0v) is 11.0. The highest BCUT2D eigenvalue weighted by Gasteiger charge is 2.32. The number of carboxylic acids is 1. The number of hydrogen-bond acceptors (Lipinski definition) is 3. The Morgan fingerprint density at radius 2 is 2.21 bits per heavy atom. The molecule has 7 heteroatoms. The number of likely N-dealkylation sites (tertiary alicyclic amines) is 1. The van der Waals surface area contributed by atoms with E-state index in [1.165, 1.54) is 0 Å². The van der Waals surface area contributed by atoms with Crippen LogP contribution in [0.1, 0.15) is 26.3 Å². The van der Waals surface area contributed by atoms with E-state index >= 15 is 0 Å². The fourth-order valence-corrected chi connectivity index (χ4v) is 2.00. The molecule has 0 aliphatic carbocycles. The Balaban J connectivity index is 1.80. The molecule has 0 atom stereocenters. The van der Waals surface area contributed by atoms with Gasteiger partial charge in [0.25, 0.3) is 0 Å². The maximum absolute atomic E-state index is 11.8. The average Bonchev–Trinajstić information content (AvgIpc) is 2.70. The minimum atomic E-state index is -0.816. The van der Waals surface area contributed by atoms with Gasteiger partial charge in [0.1, 0.15) is 0 Å². The van der Waals surface area contributed by atoms with Crippen molar-refractivity contribution in [2.24, 2.45) is 5.92 Å². The third kappa shape index (κ3) is 3.24. The quantitative estimate of drug-likeness (QED) is 0.862. The first-order valence-electron chi connectivity index (χ1n) is 6.27. The van der Waals surface area contributed by atoms with E-state index in [0.29, 0.717) is 18.8 Å². The third-order valence-corrected chi connectivity index (χ3v) is 3.09. The number of aliphatic carboxylic acids is 1. The number of carbonyl (C=O) groups is 2. The van der Waals surface area contributed by atoms with Gasteiger partial charge in [0.15, 0.2) is 0 Å². The fourth-order valence-electron chi connectivity index (χ4n) is 2.00. The Morgan fingerprint density at radius 1 is 1.53 bits per heavy atom. The normalized spacial score (nSPS) is 15.4. The molecule has 19 heavy (non-hydrogen) atoms. The second kappa shape index (κ2) is 5.29. The number of aromatic nitrogens is 2. The molecule has 0 aromatic carbocycles. The summed E-state index contributed by atoms with van der Waals surface area (Å²) in [6, 6.07) is 0.0413. The minimum Gasteiger partial charge on any atom is -0.481 e. The highest BCUT2D eigenvalue weighted by molar-refractivity contribution is 5.89. The van der Waals surface area contributed by atoms with Gasteiger partial charge in [-0.05, 0) is 13.8 Å². The number of amides is 2. The highest BCUT2D eigenvalue weighted by Crippen LogP contribution is 2.20. The van der Waals surface area contributed by atoms with Crippen molar-refractivity contribution in [2.45, 2.75) is 26.3 Å². The number of anilines is 1. The summed E-state index contributed by atoms with van der Waals surface area (Å²) < 4.78 is 1.76. The van der Waals surface area contributed by atoms with Crippen LogP contribution < -0.4 is 5.32 Å². The van der Waals surface area contributed by atoms with Crippen LogP contribution in [-0.2, 0) is 4.79 Å². The Morgan fingerprint density at radius 3 is 2.74 bits per heavy atom. The zero-order chi connectivity index (χ0) is 14.0. The van der Waals surface area contributed by atoms with Gasteiger partial charge < -0.3 is 15.3 Å². The van der Waals surface area contributed by atoms with E-state index in [9.17, 15) is 9.59 Å². The second-order valence-electron chi connectivity index (χ2n) is 5.10. The lowest BCUT2D eigenvalue weighted by atomic mass is 9.97. The molecule has 1 saturated heterocycles. The van der Waals surface area contributed by atoms with Crippen LogP contribution in [-0.4, -0.2) is 44.9 Å². The van der Waals surface area contributed by atoms with E-state index in [0.717, 1.165) is 0 Å². The summed E-state index contributed by atoms with van der Waals surface area (Å²) in [6.45, 7) is 5.00. The molecule has 1 fully saturated rings. The van der Waals surface area contributed by atoms with Gasteiger partial charge in [-0.3, -0.25) is 9.48 Å². The molecular weight excluding hydrogens is 248 g/mol. The van der Waals surface area contributed by atoms with Crippen molar-refractivity contribution in [3.8, 4) is 0 Å². The molecule has 2 amide bonds. The highest BCUT2D eigenvalue weighted by atomic mass is 16.4. The van der Waals surface area contributed by atoms with Gasteiger partial charge in [0.05, 0.1) is 18.3 Å². The number of carboxylic acid groups (broad SMARTS) is 1. The Bertz CT molecular complexity index is 477. The van der Waals surface area contributed by atoms with E-state index in [2.05, 4.69) is 10.4 Å². The average molecular weight is 266 g/mol. The van der Waals surface area contributed by atoms with Crippen molar-refractivity contribution in [1.82, 2.24) is 14.7 Å². The predicted octanol–water partition coefficient (Wildman–Crippen LogP) is 1.40. The van der Waals surface area contributed by atoms with Crippen LogP contribution in [0.3, 0.4) is 0 Å². The zero-order valence-electron chi connectivity index (χ0n) is 11.0. The van der Waals surface area contributed by atoms with Gasteiger partial charge in [0.2, 0.25) is 0 Å². The minimum absolute atomic E-state index is 0.0710. The lowest BCUT2D eigenvalue weighted by Gasteiger charge is -2.38. The molecule has 0 radical (unpaired) electrons. The molecule has 0 bridgehead atoms. The summed E-state index contributed by atoms with van der Waals surface area (Å²) in [5.74, 6) is -0.745. The third-order valence-electron chi connectivity index (χ3n) is 3.09. The number of nitrogens with zero attached hydrogens (tertiary/aromatic N) is 3. The van der Waals surface area contributed by atoms with E-state index in [-0.39, 0.29) is 24.4 Å². The molecule has 1 aliphatic heterocycles. The predicted molar refractivity (Wildman–Crippen MR) is 68.9 cm³/mol. The van der Waals surface area contributed by atoms with Crippen molar-refractivity contribution in [3.63, 3.8) is 0 Å². The van der Waals surface area contributed by atoms with Crippen LogP contribution in [0.15, 0.2) is 12.4 Å². The van der Waals surface area contributed by atoms with Crippen LogP contribution in [0.5, 0.6) is 0 Å². The Hall–Kier alpha value is -2.05. The number of rotatable bonds is 4. The molecule has 2 rings (SSSR count). The topological polar surface area (TPSA) is 87.5 Å². The molecule has 1 aliphatic rings. The SMILES string of the molecule is CC(C)n1cc(NC(=O)N2CC(CC(=O)O)C2)cn1. The van der Waals surface area contributed by atoms with E-state index < -0.39 is 5.97 Å². The first-order valence-corrected chi connectivity index (χ1v) is 6.27. The van der Waals surface area contributed by atoms with Crippen molar-refractivity contribution < 1.29 is 14.7 Å². The summed E-state index contributed by atoms with van der Waals surface area (Å²) in [5.41, 5.74) is 0.653. The van der Waals surface area contributed by atoms with Gasteiger partial charge in [-0.15, -0.1) is 0 Å². The number of carbonyl (C=O) groups excluding carboxylic acids is 1. The van der Waals surface area contributed by atoms with E-state index in [4.69, 9.17) is 5.11 Å². The largest absolute Gasteiger partial charge is 0.481 e. The van der Waals surface area contributed by atoms with Crippen LogP contribution in [0.2, 0.25) is 0 Å². The molecule has 7 nitrogen and oxygen atoms in total. The molecule has 104 valence electrons. The summed E-state index contributed by atoms with van der Waals surface area (Å²) in [7, 11) is 0. The monoisotopic (exact) mass is 266 g/mol. The van der Waals surface area contributed by atoms with Crippen molar-refractivity contribution in [1.29, 1.82) is 0 Å². The lowest BCUT2D eigenvalue weighted by molar-refractivity contribution is -0.139. The van der Waals surface area contributed by atoms with Crippen molar-refractivity contribution >= 4 is 17.7 Å². The molecule has 2 heterocycles. The lowest BCUT2D eigenvalue weighted by Crippen LogP contribution is -2.52. The summed E-state index contributed by atoms with van der Waals surface area (Å²) in [6.07, 6.45) is 3.50. The fraction of sp³-hybridized carbons (Fsp3) is 0.583. The summed E-state index contributed by atoms with van der Waals surface area (Å²) >= 11 is 0. The van der Waals surface area contributed by atoms with Gasteiger partial charge >= 0.3 is 12.0 Å². The second-order valence-corrected chi connectivity index (χ2v) is 5.10. The molecule has 0 saturated carbocycles. The van der Waals surface area contributed by atoms with Crippen molar-refractivity contribution in [2.75, 3.05) is 18.4 Å². The summed E-state index contributed by atoms with van der Waals surface area (Å²) in [4.78, 5) is 23.9. The maximum atomic E-state index is 11.8. The van der Waals surface area contributed by atoms with Gasteiger partial charge in [-0.25, -0.2) is 4.79 Å². The summed E-state index contributed by atoms with van der Waals surface area (Å²) in [5, 5.41) is 15.5. The number of nitrogens with one attached hydrogen (secondary N) is 1.